The summed E-state index contributed by atoms with van der Waals surface area (Å²) in [5, 5.41) is 11.2. The Bertz CT molecular complexity index is 1270. The Morgan fingerprint density at radius 3 is 2.69 bits per heavy atom. The maximum absolute atomic E-state index is 13.0. The molecular weight excluding hydrogens is 416 g/mol. The molecule has 1 aliphatic rings. The van der Waals surface area contributed by atoms with Gasteiger partial charge in [0.15, 0.2) is 5.76 Å². The van der Waals surface area contributed by atoms with Crippen LogP contribution in [0.25, 0.3) is 10.9 Å². The molecule has 3 heterocycles. The Morgan fingerprint density at radius 2 is 1.97 bits per heavy atom. The summed E-state index contributed by atoms with van der Waals surface area (Å²) >= 11 is 0. The zero-order valence-corrected chi connectivity index (χ0v) is 17.8. The van der Waals surface area contributed by atoms with Gasteiger partial charge >= 0.3 is 0 Å². The van der Waals surface area contributed by atoms with E-state index in [0.717, 1.165) is 6.07 Å². The van der Waals surface area contributed by atoms with E-state index in [9.17, 15) is 19.5 Å². The van der Waals surface area contributed by atoms with Gasteiger partial charge in [0, 0.05) is 42.0 Å². The average Bonchev–Trinajstić information content (AvgIpc) is 2.80. The minimum Gasteiger partial charge on any atom is -0.502 e. The number of nitrogens with one attached hydrogen (secondary N) is 1. The van der Waals surface area contributed by atoms with Crippen molar-refractivity contribution >= 4 is 16.8 Å². The summed E-state index contributed by atoms with van der Waals surface area (Å²) in [4.78, 5) is 42.7. The monoisotopic (exact) mass is 440 g/mol. The predicted molar refractivity (Wildman–Crippen MR) is 116 cm³/mol. The number of aromatic nitrogens is 1. The maximum Gasteiger partial charge on any atom is 0.252 e. The first-order chi connectivity index (χ1) is 15.4. The number of pyridine rings is 1. The Labute approximate surface area is 183 Å². The fourth-order valence-corrected chi connectivity index (χ4v) is 3.91. The zero-order chi connectivity index (χ0) is 22.8. The van der Waals surface area contributed by atoms with E-state index in [1.807, 2.05) is 0 Å². The summed E-state index contributed by atoms with van der Waals surface area (Å²) in [7, 11) is 1.54. The summed E-state index contributed by atoms with van der Waals surface area (Å²) in [6.45, 7) is 3.29. The highest BCUT2D eigenvalue weighted by Crippen LogP contribution is 2.33. The maximum atomic E-state index is 13.0. The van der Waals surface area contributed by atoms with Crippen molar-refractivity contribution in [2.75, 3.05) is 33.4 Å². The third kappa shape index (κ3) is 4.24. The molecule has 1 aliphatic heterocycles. The van der Waals surface area contributed by atoms with Crippen LogP contribution in [0, 0.1) is 6.92 Å². The lowest BCUT2D eigenvalue weighted by Crippen LogP contribution is -2.41. The van der Waals surface area contributed by atoms with Crippen LogP contribution in [0.2, 0.25) is 0 Å². The van der Waals surface area contributed by atoms with Crippen molar-refractivity contribution < 1.29 is 23.8 Å². The van der Waals surface area contributed by atoms with E-state index >= 15 is 0 Å². The van der Waals surface area contributed by atoms with Crippen LogP contribution >= 0.6 is 0 Å². The van der Waals surface area contributed by atoms with Gasteiger partial charge in [-0.1, -0.05) is 0 Å². The van der Waals surface area contributed by atoms with Gasteiger partial charge < -0.3 is 28.9 Å². The van der Waals surface area contributed by atoms with Crippen LogP contribution in [0.4, 0.5) is 0 Å². The molecule has 0 saturated carbocycles. The number of fused-ring (bicyclic) bond motifs is 1. The lowest BCUT2D eigenvalue weighted by Gasteiger charge is -2.28. The molecule has 0 unspecified atom stereocenters. The van der Waals surface area contributed by atoms with Gasteiger partial charge in [0.05, 0.1) is 26.2 Å². The quantitative estimate of drug-likeness (QED) is 0.621. The number of methoxy groups -OCH3 is 1. The van der Waals surface area contributed by atoms with Gasteiger partial charge in [-0.15, -0.1) is 0 Å². The minimum absolute atomic E-state index is 0.107. The molecule has 0 radical (unpaired) electrons. The third-order valence-corrected chi connectivity index (χ3v) is 5.59. The fraction of sp³-hybridized carbons (Fsp3) is 0.348. The summed E-state index contributed by atoms with van der Waals surface area (Å²) in [6, 6.07) is 7.99. The second-order valence-corrected chi connectivity index (χ2v) is 7.69. The standard InChI is InChI=1S/C23H24N2O7/c1-13-9-19(26)21(28)22(32-13)16(12-20(27)25-5-7-31-8-6-25)17-11-14-10-15(30-2)3-4-18(14)24-23(17)29/h3-4,9-11,16,28H,5-8,12H2,1-2H3,(H,24,29)/t16-/m0/s1. The van der Waals surface area contributed by atoms with Gasteiger partial charge in [-0.2, -0.15) is 0 Å². The molecule has 0 aliphatic carbocycles. The number of benzene rings is 1. The molecule has 9 heteroatoms. The normalized spacial score (nSPS) is 15.0. The lowest BCUT2D eigenvalue weighted by atomic mass is 9.91. The third-order valence-electron chi connectivity index (χ3n) is 5.59. The molecule has 0 bridgehead atoms. The molecule has 0 spiro atoms. The number of nitrogens with zero attached hydrogens (tertiary/aromatic N) is 1. The van der Waals surface area contributed by atoms with Crippen LogP contribution < -0.4 is 15.7 Å². The molecule has 9 nitrogen and oxygen atoms in total. The van der Waals surface area contributed by atoms with E-state index in [1.165, 1.54) is 7.11 Å². The number of rotatable bonds is 5. The van der Waals surface area contributed by atoms with Crippen molar-refractivity contribution in [3.8, 4) is 11.5 Å². The number of hydrogen-bond donors (Lipinski definition) is 2. The molecule has 1 atom stereocenters. The summed E-state index contributed by atoms with van der Waals surface area (Å²) in [5.74, 6) is -1.04. The molecule has 4 rings (SSSR count). The van der Waals surface area contributed by atoms with E-state index in [2.05, 4.69) is 4.98 Å². The number of carbonyl (C=O) groups is 1. The summed E-state index contributed by atoms with van der Waals surface area (Å²) < 4.78 is 16.3. The van der Waals surface area contributed by atoms with E-state index in [-0.39, 0.29) is 29.4 Å². The van der Waals surface area contributed by atoms with Crippen LogP contribution in [0.1, 0.15) is 29.4 Å². The van der Waals surface area contributed by atoms with Crippen molar-refractivity contribution in [1.29, 1.82) is 0 Å². The van der Waals surface area contributed by atoms with Gasteiger partial charge in [-0.3, -0.25) is 14.4 Å². The second-order valence-electron chi connectivity index (χ2n) is 7.69. The van der Waals surface area contributed by atoms with E-state index in [4.69, 9.17) is 13.9 Å². The largest absolute Gasteiger partial charge is 0.502 e. The number of aryl methyl sites for hydroxylation is 1. The number of carbonyl (C=O) groups excluding carboxylic acids is 1. The predicted octanol–water partition coefficient (Wildman–Crippen LogP) is 1.88. The second kappa shape index (κ2) is 8.88. The van der Waals surface area contributed by atoms with Crippen LogP contribution in [0.5, 0.6) is 11.5 Å². The molecular formula is C23H24N2O7. The SMILES string of the molecule is COc1ccc2[nH]c(=O)c([C@H](CC(=O)N3CCOCC3)c3oc(C)cc(=O)c3O)cc2c1. The Morgan fingerprint density at radius 1 is 1.22 bits per heavy atom. The van der Waals surface area contributed by atoms with Crippen LogP contribution in [0.15, 0.2) is 44.3 Å². The molecule has 3 aromatic rings. The first kappa shape index (κ1) is 21.6. The highest BCUT2D eigenvalue weighted by atomic mass is 16.5. The molecule has 2 aromatic heterocycles. The lowest BCUT2D eigenvalue weighted by molar-refractivity contribution is -0.135. The number of morpholine rings is 1. The zero-order valence-electron chi connectivity index (χ0n) is 17.8. The smallest absolute Gasteiger partial charge is 0.252 e. The van der Waals surface area contributed by atoms with Gasteiger partial charge in [0.25, 0.3) is 5.56 Å². The molecule has 1 amide bonds. The molecule has 2 N–H and O–H groups in total. The first-order valence-corrected chi connectivity index (χ1v) is 10.3. The van der Waals surface area contributed by atoms with Crippen LogP contribution in [0.3, 0.4) is 0 Å². The van der Waals surface area contributed by atoms with E-state index in [1.54, 1.807) is 36.1 Å². The minimum atomic E-state index is -0.961. The van der Waals surface area contributed by atoms with Gasteiger partial charge in [0.2, 0.25) is 17.1 Å². The van der Waals surface area contributed by atoms with Crippen LogP contribution in [-0.4, -0.2) is 54.3 Å². The molecule has 32 heavy (non-hydrogen) atoms. The molecule has 1 saturated heterocycles. The number of aromatic hydroxyl groups is 1. The van der Waals surface area contributed by atoms with Crippen LogP contribution in [-0.2, 0) is 9.53 Å². The number of aromatic amines is 1. The van der Waals surface area contributed by atoms with Crippen molar-refractivity contribution in [3.05, 3.63) is 68.0 Å². The van der Waals surface area contributed by atoms with E-state index < -0.39 is 22.7 Å². The number of hydrogen-bond acceptors (Lipinski definition) is 7. The summed E-state index contributed by atoms with van der Waals surface area (Å²) in [5.41, 5.74) is -0.276. The summed E-state index contributed by atoms with van der Waals surface area (Å²) in [6.07, 6.45) is -0.154. The number of amides is 1. The molecule has 1 aromatic carbocycles. The van der Waals surface area contributed by atoms with Crippen molar-refractivity contribution in [2.24, 2.45) is 0 Å². The number of ether oxygens (including phenoxy) is 2. The highest BCUT2D eigenvalue weighted by Gasteiger charge is 2.30. The van der Waals surface area contributed by atoms with Crippen molar-refractivity contribution in [1.82, 2.24) is 9.88 Å². The molecule has 168 valence electrons. The Balaban J connectivity index is 1.85. The van der Waals surface area contributed by atoms with Crippen molar-refractivity contribution in [2.45, 2.75) is 19.3 Å². The fourth-order valence-electron chi connectivity index (χ4n) is 3.91. The Hall–Kier alpha value is -3.59. The highest BCUT2D eigenvalue weighted by molar-refractivity contribution is 5.82. The first-order valence-electron chi connectivity index (χ1n) is 10.3. The van der Waals surface area contributed by atoms with Gasteiger partial charge in [0.1, 0.15) is 11.5 Å². The Kier molecular flexibility index (Phi) is 6.00. The van der Waals surface area contributed by atoms with Gasteiger partial charge in [-0.25, -0.2) is 0 Å². The van der Waals surface area contributed by atoms with Gasteiger partial charge in [-0.05, 0) is 31.2 Å². The number of H-pyrrole nitrogens is 1. The molecule has 1 fully saturated rings. The van der Waals surface area contributed by atoms with E-state index in [0.29, 0.717) is 43.0 Å². The van der Waals surface area contributed by atoms with Crippen molar-refractivity contribution in [3.63, 3.8) is 0 Å². The topological polar surface area (TPSA) is 122 Å². The average molecular weight is 440 g/mol.